The first kappa shape index (κ1) is 9.09. The van der Waals surface area contributed by atoms with Gasteiger partial charge in [-0.1, -0.05) is 30.8 Å². The molecule has 0 aliphatic carbocycles. The molecule has 0 saturated carbocycles. The van der Waals surface area contributed by atoms with E-state index >= 15 is 0 Å². The Bertz CT molecular complexity index is 456. The van der Waals surface area contributed by atoms with E-state index < -0.39 is 0 Å². The minimum absolute atomic E-state index is 0.837. The second-order valence-electron chi connectivity index (χ2n) is 2.69. The summed E-state index contributed by atoms with van der Waals surface area (Å²) in [7, 11) is 0. The van der Waals surface area contributed by atoms with Crippen LogP contribution in [0.25, 0.3) is 10.9 Å². The molecule has 0 radical (unpaired) electrons. The number of nitrogens with zero attached hydrogens (tertiary/aromatic N) is 1. The van der Waals surface area contributed by atoms with Crippen molar-refractivity contribution < 1.29 is 4.18 Å². The highest BCUT2D eigenvalue weighted by molar-refractivity contribution is 7.94. The third-order valence-corrected chi connectivity index (χ3v) is 2.40. The van der Waals surface area contributed by atoms with Gasteiger partial charge in [-0.2, -0.15) is 0 Å². The molecule has 0 saturated heterocycles. The van der Waals surface area contributed by atoms with Crippen LogP contribution in [0.2, 0.25) is 0 Å². The smallest absolute Gasteiger partial charge is 0.137 e. The maximum Gasteiger partial charge on any atom is 0.137 e. The van der Waals surface area contributed by atoms with Crippen molar-refractivity contribution in [1.82, 2.24) is 4.98 Å². The van der Waals surface area contributed by atoms with Crippen LogP contribution in [0.3, 0.4) is 0 Å². The van der Waals surface area contributed by atoms with E-state index in [4.69, 9.17) is 4.18 Å². The van der Waals surface area contributed by atoms with Gasteiger partial charge in [-0.15, -0.1) is 0 Å². The Kier molecular flexibility index (Phi) is 2.70. The molecule has 2 aromatic rings. The van der Waals surface area contributed by atoms with Gasteiger partial charge in [0.2, 0.25) is 0 Å². The van der Waals surface area contributed by atoms with Gasteiger partial charge in [0.25, 0.3) is 0 Å². The van der Waals surface area contributed by atoms with Crippen molar-refractivity contribution >= 4 is 22.9 Å². The lowest BCUT2D eigenvalue weighted by atomic mass is 10.2. The number of fused-ring (bicyclic) bond motifs is 1. The van der Waals surface area contributed by atoms with Crippen molar-refractivity contribution in [2.75, 3.05) is 0 Å². The van der Waals surface area contributed by atoms with E-state index in [1.54, 1.807) is 0 Å². The first-order chi connectivity index (χ1) is 6.90. The van der Waals surface area contributed by atoms with Crippen molar-refractivity contribution in [3.63, 3.8) is 0 Å². The number of rotatable bonds is 3. The molecule has 0 fully saturated rings. The Morgan fingerprint density at radius 1 is 1.21 bits per heavy atom. The molecule has 0 unspecified atom stereocenters. The van der Waals surface area contributed by atoms with E-state index in [1.165, 1.54) is 18.3 Å². The van der Waals surface area contributed by atoms with Gasteiger partial charge in [0.15, 0.2) is 0 Å². The van der Waals surface area contributed by atoms with Crippen molar-refractivity contribution in [3.05, 3.63) is 49.2 Å². The van der Waals surface area contributed by atoms with E-state index in [-0.39, 0.29) is 0 Å². The van der Waals surface area contributed by atoms with Crippen LogP contribution in [0, 0.1) is 0 Å². The molecule has 0 atom stereocenters. The van der Waals surface area contributed by atoms with E-state index in [0.29, 0.717) is 0 Å². The van der Waals surface area contributed by atoms with Crippen molar-refractivity contribution in [2.24, 2.45) is 0 Å². The molecule has 0 N–H and O–H groups in total. The van der Waals surface area contributed by atoms with Crippen LogP contribution in [0.15, 0.2) is 54.3 Å². The Morgan fingerprint density at radius 3 is 2.93 bits per heavy atom. The zero-order valence-corrected chi connectivity index (χ0v) is 8.33. The number of para-hydroxylation sites is 1. The molecule has 0 bridgehead atoms. The average Bonchev–Trinajstić information content (AvgIpc) is 2.26. The SMILES string of the molecule is C=COSc1ccc2ccccc2n1. The zero-order valence-electron chi connectivity index (χ0n) is 7.51. The van der Waals surface area contributed by atoms with Crippen LogP contribution < -0.4 is 0 Å². The largest absolute Gasteiger partial charge is 0.427 e. The normalized spacial score (nSPS) is 10.0. The fourth-order valence-corrected chi connectivity index (χ4v) is 1.60. The fourth-order valence-electron chi connectivity index (χ4n) is 1.18. The van der Waals surface area contributed by atoms with Crippen LogP contribution in [0.4, 0.5) is 0 Å². The highest BCUT2D eigenvalue weighted by Crippen LogP contribution is 2.20. The summed E-state index contributed by atoms with van der Waals surface area (Å²) in [5, 5.41) is 1.97. The van der Waals surface area contributed by atoms with Crippen LogP contribution in [0.5, 0.6) is 0 Å². The van der Waals surface area contributed by atoms with Crippen LogP contribution in [0.1, 0.15) is 0 Å². The van der Waals surface area contributed by atoms with Crippen molar-refractivity contribution in [2.45, 2.75) is 5.03 Å². The van der Waals surface area contributed by atoms with Crippen LogP contribution in [-0.2, 0) is 4.18 Å². The molecule has 0 aliphatic heterocycles. The summed E-state index contributed by atoms with van der Waals surface area (Å²) in [5.41, 5.74) is 0.977. The number of hydrogen-bond donors (Lipinski definition) is 0. The number of benzene rings is 1. The summed E-state index contributed by atoms with van der Waals surface area (Å²) in [6.45, 7) is 3.47. The molecule has 0 aliphatic rings. The predicted molar refractivity (Wildman–Crippen MR) is 58.9 cm³/mol. The lowest BCUT2D eigenvalue weighted by Gasteiger charge is -2.00. The van der Waals surface area contributed by atoms with Crippen LogP contribution >= 0.6 is 12.0 Å². The van der Waals surface area contributed by atoms with Gasteiger partial charge in [-0.3, -0.25) is 0 Å². The Labute approximate surface area is 86.8 Å². The summed E-state index contributed by atoms with van der Waals surface area (Å²) in [5.74, 6) is 0. The highest BCUT2D eigenvalue weighted by atomic mass is 32.2. The number of hydrogen-bond acceptors (Lipinski definition) is 3. The first-order valence-corrected chi connectivity index (χ1v) is 4.94. The fraction of sp³-hybridized carbons (Fsp3) is 0. The molecule has 14 heavy (non-hydrogen) atoms. The van der Waals surface area contributed by atoms with E-state index in [1.807, 2.05) is 36.4 Å². The average molecular weight is 203 g/mol. The van der Waals surface area contributed by atoms with E-state index in [0.717, 1.165) is 15.9 Å². The third kappa shape index (κ3) is 1.88. The minimum atomic E-state index is 0.837. The second-order valence-corrected chi connectivity index (χ2v) is 3.47. The van der Waals surface area contributed by atoms with E-state index in [9.17, 15) is 0 Å². The standard InChI is InChI=1S/C11H9NOS/c1-2-13-14-11-8-7-9-5-3-4-6-10(9)12-11/h2-8H,1H2. The van der Waals surface area contributed by atoms with Gasteiger partial charge in [-0.25, -0.2) is 4.98 Å². The van der Waals surface area contributed by atoms with Gasteiger partial charge in [0.1, 0.15) is 17.1 Å². The first-order valence-electron chi connectivity index (χ1n) is 4.20. The summed E-state index contributed by atoms with van der Waals surface area (Å²) < 4.78 is 4.99. The molecular formula is C11H9NOS. The summed E-state index contributed by atoms with van der Waals surface area (Å²) >= 11 is 1.21. The monoisotopic (exact) mass is 203 g/mol. The van der Waals surface area contributed by atoms with Crippen LogP contribution in [-0.4, -0.2) is 4.98 Å². The molecule has 0 spiro atoms. The molecule has 2 rings (SSSR count). The van der Waals surface area contributed by atoms with Gasteiger partial charge in [0, 0.05) is 5.39 Å². The Morgan fingerprint density at radius 2 is 2.07 bits per heavy atom. The van der Waals surface area contributed by atoms with Crippen molar-refractivity contribution in [1.29, 1.82) is 0 Å². The maximum atomic E-state index is 4.99. The molecule has 1 aromatic carbocycles. The molecule has 1 heterocycles. The minimum Gasteiger partial charge on any atom is -0.427 e. The number of pyridine rings is 1. The number of aromatic nitrogens is 1. The molecule has 70 valence electrons. The molecule has 2 nitrogen and oxygen atoms in total. The molecule has 1 aromatic heterocycles. The summed E-state index contributed by atoms with van der Waals surface area (Å²) in [6, 6.07) is 11.9. The predicted octanol–water partition coefficient (Wildman–Crippen LogP) is 3.40. The topological polar surface area (TPSA) is 22.1 Å². The lowest BCUT2D eigenvalue weighted by Crippen LogP contribution is -1.81. The summed E-state index contributed by atoms with van der Waals surface area (Å²) in [4.78, 5) is 4.40. The highest BCUT2D eigenvalue weighted by Gasteiger charge is 1.98. The van der Waals surface area contributed by atoms with E-state index in [2.05, 4.69) is 11.6 Å². The lowest BCUT2D eigenvalue weighted by molar-refractivity contribution is 0.566. The van der Waals surface area contributed by atoms with Gasteiger partial charge in [0.05, 0.1) is 11.8 Å². The van der Waals surface area contributed by atoms with Gasteiger partial charge < -0.3 is 4.18 Å². The molecule has 0 amide bonds. The Hall–Kier alpha value is -1.48. The molecule has 3 heteroatoms. The van der Waals surface area contributed by atoms with Gasteiger partial charge in [-0.05, 0) is 12.1 Å². The van der Waals surface area contributed by atoms with Crippen molar-refractivity contribution in [3.8, 4) is 0 Å². The van der Waals surface area contributed by atoms with Gasteiger partial charge >= 0.3 is 0 Å². The zero-order chi connectivity index (χ0) is 9.80. The molecular weight excluding hydrogens is 194 g/mol. The quantitative estimate of drug-likeness (QED) is 0.563. The Balaban J connectivity index is 2.36. The maximum absolute atomic E-state index is 4.99. The summed E-state index contributed by atoms with van der Waals surface area (Å²) in [6.07, 6.45) is 1.39. The second kappa shape index (κ2) is 4.15. The third-order valence-electron chi connectivity index (χ3n) is 1.77.